The van der Waals surface area contributed by atoms with E-state index in [1.165, 1.54) is 6.92 Å². The summed E-state index contributed by atoms with van der Waals surface area (Å²) in [5.74, 6) is -0.422. The lowest BCUT2D eigenvalue weighted by Gasteiger charge is -2.09. The van der Waals surface area contributed by atoms with Crippen molar-refractivity contribution in [3.63, 3.8) is 0 Å². The molecule has 0 saturated carbocycles. The van der Waals surface area contributed by atoms with Gasteiger partial charge in [0, 0.05) is 11.7 Å². The molecule has 3 N–H and O–H groups in total. The number of aryl methyl sites for hydroxylation is 1. The number of rotatable bonds is 5. The Bertz CT molecular complexity index is 585. The van der Waals surface area contributed by atoms with E-state index < -0.39 is 20.8 Å². The third kappa shape index (κ3) is 3.93. The molecule has 1 rings (SSSR count). The summed E-state index contributed by atoms with van der Waals surface area (Å²) in [5, 5.41) is 2.55. The first-order valence-electron chi connectivity index (χ1n) is 5.21. The summed E-state index contributed by atoms with van der Waals surface area (Å²) in [7, 11) is -3.82. The van der Waals surface area contributed by atoms with Gasteiger partial charge in [-0.3, -0.25) is 9.59 Å². The second-order valence-corrected chi connectivity index (χ2v) is 6.92. The maximum atomic E-state index is 11.8. The van der Waals surface area contributed by atoms with Gasteiger partial charge >= 0.3 is 4.87 Å². The topological polar surface area (TPSA) is 108 Å². The van der Waals surface area contributed by atoms with Crippen molar-refractivity contribution in [1.29, 1.82) is 0 Å². The molecule has 0 atom stereocenters. The second-order valence-electron chi connectivity index (χ2n) is 3.97. The highest BCUT2D eigenvalue weighted by molar-refractivity contribution is 7.91. The monoisotopic (exact) mass is 293 g/mol. The first kappa shape index (κ1) is 14.9. The highest BCUT2D eigenvalue weighted by Crippen LogP contribution is 2.14. The van der Waals surface area contributed by atoms with E-state index in [4.69, 9.17) is 0 Å². The Hall–Kier alpha value is -1.19. The number of aromatic nitrogens is 1. The molecule has 0 fully saturated rings. The first-order valence-corrected chi connectivity index (χ1v) is 7.51. The highest BCUT2D eigenvalue weighted by Gasteiger charge is 2.21. The van der Waals surface area contributed by atoms with Crippen LogP contribution in [0.3, 0.4) is 0 Å². The predicted octanol–water partition coefficient (Wildman–Crippen LogP) is -0.452. The molecule has 0 radical (unpaired) electrons. The standard InChI is InChI=1S/C9H15N3O4S2/c1-5(2)11-7(13)4-10-18(15,16)8-6(3)12-9(14)17-8/h5,10H,4H2,1-3H3,(H,11,13)(H,12,14). The van der Waals surface area contributed by atoms with Crippen LogP contribution < -0.4 is 14.9 Å². The Balaban J connectivity index is 2.75. The summed E-state index contributed by atoms with van der Waals surface area (Å²) < 4.78 is 25.7. The Morgan fingerprint density at radius 2 is 2.06 bits per heavy atom. The normalized spacial score (nSPS) is 11.8. The van der Waals surface area contributed by atoms with E-state index in [0.717, 1.165) is 0 Å². The lowest BCUT2D eigenvalue weighted by molar-refractivity contribution is -0.120. The summed E-state index contributed by atoms with van der Waals surface area (Å²) in [6.45, 7) is 4.68. The van der Waals surface area contributed by atoms with Gasteiger partial charge in [0.05, 0.1) is 6.54 Å². The number of carbonyl (C=O) groups excluding carboxylic acids is 1. The van der Waals surface area contributed by atoms with Crippen molar-refractivity contribution in [3.05, 3.63) is 15.4 Å². The molecule has 0 aliphatic rings. The van der Waals surface area contributed by atoms with E-state index in [1.54, 1.807) is 13.8 Å². The molecule has 1 aromatic rings. The number of amides is 1. The smallest absolute Gasteiger partial charge is 0.305 e. The molecule has 0 spiro atoms. The van der Waals surface area contributed by atoms with Gasteiger partial charge in [-0.25, -0.2) is 13.1 Å². The van der Waals surface area contributed by atoms with Crippen LogP contribution >= 0.6 is 11.3 Å². The van der Waals surface area contributed by atoms with Crippen LogP contribution in [0.4, 0.5) is 0 Å². The van der Waals surface area contributed by atoms with Crippen LogP contribution in [0.25, 0.3) is 0 Å². The van der Waals surface area contributed by atoms with Gasteiger partial charge in [-0.05, 0) is 20.8 Å². The lowest BCUT2D eigenvalue weighted by Crippen LogP contribution is -2.39. The van der Waals surface area contributed by atoms with Crippen LogP contribution in [-0.4, -0.2) is 31.9 Å². The van der Waals surface area contributed by atoms with Gasteiger partial charge in [-0.15, -0.1) is 0 Å². The van der Waals surface area contributed by atoms with Gasteiger partial charge in [0.1, 0.15) is 0 Å². The molecule has 0 saturated heterocycles. The van der Waals surface area contributed by atoms with Crippen LogP contribution in [0, 0.1) is 6.92 Å². The van der Waals surface area contributed by atoms with Crippen LogP contribution in [0.15, 0.2) is 9.00 Å². The molecule has 9 heteroatoms. The van der Waals surface area contributed by atoms with E-state index in [-0.39, 0.29) is 22.5 Å². The number of H-pyrrole nitrogens is 1. The summed E-state index contributed by atoms with van der Waals surface area (Å²) in [6, 6.07) is -0.0629. The first-order chi connectivity index (χ1) is 8.22. The number of hydrogen-bond donors (Lipinski definition) is 3. The van der Waals surface area contributed by atoms with Gasteiger partial charge in [0.2, 0.25) is 5.91 Å². The minimum absolute atomic E-state index is 0.0629. The average Bonchev–Trinajstić information content (AvgIpc) is 2.55. The molecule has 0 aromatic carbocycles. The van der Waals surface area contributed by atoms with E-state index >= 15 is 0 Å². The maximum Gasteiger partial charge on any atom is 0.305 e. The molecule has 1 aromatic heterocycles. The number of sulfonamides is 1. The fraction of sp³-hybridized carbons (Fsp3) is 0.556. The van der Waals surface area contributed by atoms with Crippen molar-refractivity contribution in [2.24, 2.45) is 0 Å². The molecule has 0 unspecified atom stereocenters. The molecular weight excluding hydrogens is 278 g/mol. The zero-order chi connectivity index (χ0) is 13.9. The van der Waals surface area contributed by atoms with E-state index in [9.17, 15) is 18.0 Å². The average molecular weight is 293 g/mol. The molecule has 1 heterocycles. The van der Waals surface area contributed by atoms with Crippen molar-refractivity contribution in [2.75, 3.05) is 6.54 Å². The molecule has 0 aliphatic carbocycles. The van der Waals surface area contributed by atoms with Gasteiger partial charge in [-0.1, -0.05) is 11.3 Å². The molecule has 102 valence electrons. The summed E-state index contributed by atoms with van der Waals surface area (Å²) >= 11 is 0.594. The maximum absolute atomic E-state index is 11.8. The van der Waals surface area contributed by atoms with Crippen LogP contribution in [0.1, 0.15) is 19.5 Å². The van der Waals surface area contributed by atoms with Crippen LogP contribution in [0.2, 0.25) is 0 Å². The number of aromatic amines is 1. The molecule has 7 nitrogen and oxygen atoms in total. The third-order valence-corrected chi connectivity index (χ3v) is 4.90. The van der Waals surface area contributed by atoms with Crippen molar-refractivity contribution in [3.8, 4) is 0 Å². The zero-order valence-electron chi connectivity index (χ0n) is 10.2. The summed E-state index contributed by atoms with van der Waals surface area (Å²) in [4.78, 5) is 24.3. The van der Waals surface area contributed by atoms with Gasteiger partial charge in [-0.2, -0.15) is 0 Å². The number of hydrogen-bond acceptors (Lipinski definition) is 5. The minimum Gasteiger partial charge on any atom is -0.353 e. The van der Waals surface area contributed by atoms with Gasteiger partial charge in [0.15, 0.2) is 4.21 Å². The van der Waals surface area contributed by atoms with Gasteiger partial charge in [0.25, 0.3) is 10.0 Å². The number of carbonyl (C=O) groups is 1. The Labute approximate surface area is 109 Å². The van der Waals surface area contributed by atoms with Crippen molar-refractivity contribution in [1.82, 2.24) is 15.0 Å². The highest BCUT2D eigenvalue weighted by atomic mass is 32.2. The lowest BCUT2D eigenvalue weighted by atomic mass is 10.4. The summed E-state index contributed by atoms with van der Waals surface area (Å²) in [5.41, 5.74) is 0.266. The van der Waals surface area contributed by atoms with Crippen LogP contribution in [0.5, 0.6) is 0 Å². The van der Waals surface area contributed by atoms with Crippen LogP contribution in [-0.2, 0) is 14.8 Å². The van der Waals surface area contributed by atoms with Crippen molar-refractivity contribution >= 4 is 27.3 Å². The second kappa shape index (κ2) is 5.63. The summed E-state index contributed by atoms with van der Waals surface area (Å²) in [6.07, 6.45) is 0. The fourth-order valence-corrected chi connectivity index (χ4v) is 3.57. The molecule has 1 amide bonds. The Kier molecular flexibility index (Phi) is 4.65. The molecule has 0 aliphatic heterocycles. The van der Waals surface area contributed by atoms with Crippen molar-refractivity contribution < 1.29 is 13.2 Å². The third-order valence-electron chi connectivity index (χ3n) is 1.90. The largest absolute Gasteiger partial charge is 0.353 e. The predicted molar refractivity (Wildman–Crippen MR) is 68.1 cm³/mol. The minimum atomic E-state index is -3.82. The van der Waals surface area contributed by atoms with Crippen molar-refractivity contribution in [2.45, 2.75) is 31.0 Å². The van der Waals surface area contributed by atoms with E-state index in [1.807, 2.05) is 0 Å². The molecular formula is C9H15N3O4S2. The number of thiazole rings is 1. The van der Waals surface area contributed by atoms with E-state index in [2.05, 4.69) is 15.0 Å². The van der Waals surface area contributed by atoms with Gasteiger partial charge < -0.3 is 10.3 Å². The SMILES string of the molecule is Cc1[nH]c(=O)sc1S(=O)(=O)NCC(=O)NC(C)C. The number of nitrogens with one attached hydrogen (secondary N) is 3. The quantitative estimate of drug-likeness (QED) is 0.683. The van der Waals surface area contributed by atoms with E-state index in [0.29, 0.717) is 11.3 Å². The Morgan fingerprint density at radius 3 is 2.50 bits per heavy atom. The molecule has 0 bridgehead atoms. The Morgan fingerprint density at radius 1 is 1.44 bits per heavy atom. The zero-order valence-corrected chi connectivity index (χ0v) is 11.9. The molecule has 18 heavy (non-hydrogen) atoms. The fourth-order valence-electron chi connectivity index (χ4n) is 1.25.